The molecule has 7 heteroatoms. The zero-order valence-corrected chi connectivity index (χ0v) is 11.9. The van der Waals surface area contributed by atoms with Crippen molar-refractivity contribution in [3.05, 3.63) is 29.8 Å². The van der Waals surface area contributed by atoms with E-state index in [4.69, 9.17) is 5.73 Å². The van der Waals surface area contributed by atoms with E-state index in [0.717, 1.165) is 31.7 Å². The van der Waals surface area contributed by atoms with Crippen LogP contribution >= 0.6 is 0 Å². The smallest absolute Gasteiger partial charge is 0.428 e. The lowest BCUT2D eigenvalue weighted by Crippen LogP contribution is -2.36. The van der Waals surface area contributed by atoms with E-state index in [0.29, 0.717) is 0 Å². The molecule has 3 N–H and O–H groups in total. The predicted octanol–water partition coefficient (Wildman–Crippen LogP) is 3.47. The molecule has 0 heterocycles. The van der Waals surface area contributed by atoms with Crippen LogP contribution in [0.2, 0.25) is 0 Å². The Labute approximate surface area is 126 Å². The van der Waals surface area contributed by atoms with Crippen LogP contribution in [-0.4, -0.2) is 23.7 Å². The van der Waals surface area contributed by atoms with Crippen LogP contribution < -0.4 is 10.5 Å². The van der Waals surface area contributed by atoms with Crippen molar-refractivity contribution in [3.8, 4) is 5.75 Å². The number of halogens is 4. The first kappa shape index (κ1) is 17.0. The van der Waals surface area contributed by atoms with E-state index in [9.17, 15) is 22.7 Å². The molecule has 0 saturated heterocycles. The Morgan fingerprint density at radius 3 is 2.36 bits per heavy atom. The molecule has 1 aliphatic rings. The molecule has 1 aliphatic carbocycles. The zero-order valence-electron chi connectivity index (χ0n) is 11.9. The van der Waals surface area contributed by atoms with Gasteiger partial charge >= 0.3 is 12.5 Å². The summed E-state index contributed by atoms with van der Waals surface area (Å²) in [5.74, 6) is -0.448. The number of benzene rings is 1. The van der Waals surface area contributed by atoms with Crippen molar-refractivity contribution in [2.75, 3.05) is 0 Å². The molecule has 0 aromatic heterocycles. The summed E-state index contributed by atoms with van der Waals surface area (Å²) in [4.78, 5) is 0. The molecular formula is C15H19F4NO2. The molecule has 0 bridgehead atoms. The number of para-hydroxylation sites is 1. The van der Waals surface area contributed by atoms with Gasteiger partial charge in [0, 0.05) is 5.56 Å². The third-order valence-electron chi connectivity index (χ3n) is 4.03. The first-order chi connectivity index (χ1) is 10.3. The van der Waals surface area contributed by atoms with E-state index in [1.807, 2.05) is 0 Å². The second-order valence-corrected chi connectivity index (χ2v) is 5.56. The van der Waals surface area contributed by atoms with Gasteiger partial charge in [-0.2, -0.15) is 17.6 Å². The van der Waals surface area contributed by atoms with Gasteiger partial charge in [-0.3, -0.25) is 0 Å². The van der Waals surface area contributed by atoms with Crippen LogP contribution in [0.15, 0.2) is 24.3 Å². The Kier molecular flexibility index (Phi) is 5.28. The van der Waals surface area contributed by atoms with Crippen molar-refractivity contribution < 1.29 is 27.4 Å². The number of aliphatic hydroxyl groups excluding tert-OH is 1. The highest BCUT2D eigenvalue weighted by molar-refractivity contribution is 5.36. The lowest BCUT2D eigenvalue weighted by molar-refractivity contribution is -0.253. The normalized spacial score (nSPS) is 19.4. The van der Waals surface area contributed by atoms with Crippen LogP contribution in [0, 0.1) is 5.92 Å². The van der Waals surface area contributed by atoms with E-state index < -0.39 is 30.4 Å². The largest absolute Gasteiger partial charge is 0.461 e. The monoisotopic (exact) mass is 321 g/mol. The third-order valence-corrected chi connectivity index (χ3v) is 4.03. The Bertz CT molecular complexity index is 492. The van der Waals surface area contributed by atoms with Gasteiger partial charge < -0.3 is 15.6 Å². The maximum Gasteiger partial charge on any atom is 0.461 e. The summed E-state index contributed by atoms with van der Waals surface area (Å²) in [5, 5.41) is 10.3. The Balaban J connectivity index is 2.20. The molecule has 3 nitrogen and oxygen atoms in total. The van der Waals surface area contributed by atoms with Gasteiger partial charge in [-0.1, -0.05) is 31.0 Å². The number of hydrogen-bond donors (Lipinski definition) is 2. The lowest BCUT2D eigenvalue weighted by Gasteiger charge is -2.27. The van der Waals surface area contributed by atoms with Crippen molar-refractivity contribution in [1.82, 2.24) is 0 Å². The van der Waals surface area contributed by atoms with Gasteiger partial charge in [0.15, 0.2) is 0 Å². The minimum absolute atomic E-state index is 0.0151. The Morgan fingerprint density at radius 2 is 1.77 bits per heavy atom. The zero-order chi connectivity index (χ0) is 16.3. The molecule has 2 rings (SSSR count). The highest BCUT2D eigenvalue weighted by atomic mass is 19.3. The maximum absolute atomic E-state index is 13.1. The van der Waals surface area contributed by atoms with Crippen LogP contribution in [-0.2, 0) is 0 Å². The molecule has 0 spiro atoms. The Morgan fingerprint density at radius 1 is 1.18 bits per heavy atom. The summed E-state index contributed by atoms with van der Waals surface area (Å²) in [5.41, 5.74) is 6.05. The van der Waals surface area contributed by atoms with E-state index >= 15 is 0 Å². The fourth-order valence-electron chi connectivity index (χ4n) is 2.82. The summed E-state index contributed by atoms with van der Waals surface area (Å²) < 4.78 is 54.9. The molecule has 0 aliphatic heterocycles. The van der Waals surface area contributed by atoms with Gasteiger partial charge in [0.1, 0.15) is 5.75 Å². The number of rotatable bonds is 6. The summed E-state index contributed by atoms with van der Waals surface area (Å²) in [6, 6.07) is 4.50. The number of alkyl halides is 4. The van der Waals surface area contributed by atoms with Gasteiger partial charge in [-0.25, -0.2) is 0 Å². The van der Waals surface area contributed by atoms with Gasteiger partial charge in [0.25, 0.3) is 0 Å². The van der Waals surface area contributed by atoms with Crippen molar-refractivity contribution in [2.45, 2.75) is 50.4 Å². The highest BCUT2D eigenvalue weighted by Gasteiger charge is 2.44. The van der Waals surface area contributed by atoms with Crippen molar-refractivity contribution in [3.63, 3.8) is 0 Å². The van der Waals surface area contributed by atoms with E-state index in [1.54, 1.807) is 0 Å². The summed E-state index contributed by atoms with van der Waals surface area (Å²) in [6.45, 7) is 0. The number of nitrogens with two attached hydrogens (primary N) is 1. The quantitative estimate of drug-likeness (QED) is 0.789. The molecule has 0 amide bonds. The minimum Gasteiger partial charge on any atom is -0.428 e. The lowest BCUT2D eigenvalue weighted by atomic mass is 9.90. The van der Waals surface area contributed by atoms with Crippen LogP contribution in [0.1, 0.15) is 37.3 Å². The molecule has 22 heavy (non-hydrogen) atoms. The molecule has 0 unspecified atom stereocenters. The number of hydrogen-bond acceptors (Lipinski definition) is 3. The van der Waals surface area contributed by atoms with Crippen LogP contribution in [0.4, 0.5) is 17.6 Å². The predicted molar refractivity (Wildman–Crippen MR) is 72.9 cm³/mol. The molecule has 124 valence electrons. The third kappa shape index (κ3) is 3.70. The van der Waals surface area contributed by atoms with Crippen molar-refractivity contribution in [1.29, 1.82) is 0 Å². The van der Waals surface area contributed by atoms with Gasteiger partial charge in [0.2, 0.25) is 0 Å². The first-order valence-electron chi connectivity index (χ1n) is 7.20. The number of ether oxygens (including phenoxy) is 1. The number of aliphatic hydroxyl groups is 1. The molecule has 1 aromatic carbocycles. The highest BCUT2D eigenvalue weighted by Crippen LogP contribution is 2.37. The standard InChI is InChI=1S/C15H19F4NO2/c16-14(17)15(18,19)22-11-8-4-3-7-10(11)12(20)13(21)9-5-1-2-6-9/h3-4,7-9,12-14,21H,1-2,5-6,20H2/t12-,13+/m0/s1. The van der Waals surface area contributed by atoms with Crippen LogP contribution in [0.3, 0.4) is 0 Å². The van der Waals surface area contributed by atoms with E-state index in [1.165, 1.54) is 18.2 Å². The average molecular weight is 321 g/mol. The van der Waals surface area contributed by atoms with Crippen molar-refractivity contribution >= 4 is 0 Å². The van der Waals surface area contributed by atoms with E-state index in [2.05, 4.69) is 4.74 Å². The Hall–Kier alpha value is -1.34. The summed E-state index contributed by atoms with van der Waals surface area (Å²) in [7, 11) is 0. The van der Waals surface area contributed by atoms with Gasteiger partial charge in [-0.15, -0.1) is 0 Å². The fourth-order valence-corrected chi connectivity index (χ4v) is 2.82. The molecule has 1 aromatic rings. The molecule has 1 fully saturated rings. The molecule has 0 radical (unpaired) electrons. The first-order valence-corrected chi connectivity index (χ1v) is 7.20. The van der Waals surface area contributed by atoms with E-state index in [-0.39, 0.29) is 11.5 Å². The molecule has 2 atom stereocenters. The maximum atomic E-state index is 13.1. The molecular weight excluding hydrogens is 302 g/mol. The fraction of sp³-hybridized carbons (Fsp3) is 0.600. The molecule has 1 saturated carbocycles. The second-order valence-electron chi connectivity index (χ2n) is 5.56. The van der Waals surface area contributed by atoms with Crippen LogP contribution in [0.5, 0.6) is 5.75 Å². The van der Waals surface area contributed by atoms with Gasteiger partial charge in [0.05, 0.1) is 12.1 Å². The average Bonchev–Trinajstić information content (AvgIpc) is 3.00. The van der Waals surface area contributed by atoms with Gasteiger partial charge in [-0.05, 0) is 24.8 Å². The van der Waals surface area contributed by atoms with Crippen LogP contribution in [0.25, 0.3) is 0 Å². The summed E-state index contributed by atoms with van der Waals surface area (Å²) in [6.07, 6.45) is -5.89. The minimum atomic E-state index is -4.60. The van der Waals surface area contributed by atoms with Crippen molar-refractivity contribution in [2.24, 2.45) is 11.7 Å². The second kappa shape index (κ2) is 6.83. The SMILES string of the molecule is N[C@@H](c1ccccc1OC(F)(F)C(F)F)[C@H](O)C1CCCC1. The topological polar surface area (TPSA) is 55.5 Å². The summed E-state index contributed by atoms with van der Waals surface area (Å²) >= 11 is 0.